The molecule has 0 bridgehead atoms. The fourth-order valence-corrected chi connectivity index (χ4v) is 2.90. The van der Waals surface area contributed by atoms with Crippen molar-refractivity contribution in [2.24, 2.45) is 0 Å². The molecule has 0 aromatic rings. The second-order valence-corrected chi connectivity index (χ2v) is 5.39. The Morgan fingerprint density at radius 3 is 2.56 bits per heavy atom. The molecule has 1 aliphatic carbocycles. The Labute approximate surface area is 114 Å². The van der Waals surface area contributed by atoms with E-state index in [1.165, 1.54) is 64.6 Å². The van der Waals surface area contributed by atoms with E-state index in [-0.39, 0.29) is 0 Å². The van der Waals surface area contributed by atoms with E-state index in [0.717, 1.165) is 0 Å². The van der Waals surface area contributed by atoms with Crippen LogP contribution in [0.15, 0.2) is 11.6 Å². The van der Waals surface area contributed by atoms with Gasteiger partial charge in [0.2, 0.25) is 0 Å². The van der Waals surface area contributed by atoms with E-state index in [4.69, 9.17) is 0 Å². The van der Waals surface area contributed by atoms with Gasteiger partial charge in [-0.05, 0) is 58.8 Å². The Hall–Kier alpha value is -0.340. The number of allylic oxidation sites excluding steroid dienone is 1. The van der Waals surface area contributed by atoms with E-state index in [2.05, 4.69) is 37.2 Å². The molecule has 106 valence electrons. The van der Waals surface area contributed by atoms with E-state index < -0.39 is 0 Å². The molecule has 2 heteroatoms. The minimum atomic E-state index is 0.601. The number of hydrogen-bond donors (Lipinski definition) is 1. The zero-order chi connectivity index (χ0) is 13.2. The van der Waals surface area contributed by atoms with Gasteiger partial charge in [-0.1, -0.05) is 38.3 Å². The van der Waals surface area contributed by atoms with Gasteiger partial charge in [0.1, 0.15) is 0 Å². The lowest BCUT2D eigenvalue weighted by Gasteiger charge is -2.25. The summed E-state index contributed by atoms with van der Waals surface area (Å²) < 4.78 is 0. The highest BCUT2D eigenvalue weighted by Crippen LogP contribution is 2.21. The second kappa shape index (κ2) is 9.57. The molecule has 0 spiro atoms. The molecule has 0 heterocycles. The van der Waals surface area contributed by atoms with Gasteiger partial charge in [-0.2, -0.15) is 0 Å². The SMILES string of the molecule is CCN(CC)CCC(NC)C1=CCCCCCC1. The molecule has 0 radical (unpaired) electrons. The summed E-state index contributed by atoms with van der Waals surface area (Å²) in [5.74, 6) is 0. The van der Waals surface area contributed by atoms with Gasteiger partial charge in [0.05, 0.1) is 0 Å². The molecule has 0 saturated heterocycles. The monoisotopic (exact) mass is 252 g/mol. The predicted molar refractivity (Wildman–Crippen MR) is 81.0 cm³/mol. The molecule has 0 amide bonds. The lowest BCUT2D eigenvalue weighted by molar-refractivity contribution is 0.288. The molecular weight excluding hydrogens is 220 g/mol. The van der Waals surface area contributed by atoms with Crippen molar-refractivity contribution in [2.75, 3.05) is 26.7 Å². The summed E-state index contributed by atoms with van der Waals surface area (Å²) in [6.45, 7) is 8.08. The average molecular weight is 252 g/mol. The van der Waals surface area contributed by atoms with Crippen molar-refractivity contribution in [1.29, 1.82) is 0 Å². The van der Waals surface area contributed by atoms with E-state index in [1.54, 1.807) is 5.57 Å². The van der Waals surface area contributed by atoms with Gasteiger partial charge in [-0.15, -0.1) is 0 Å². The highest BCUT2D eigenvalue weighted by atomic mass is 15.1. The van der Waals surface area contributed by atoms with Gasteiger partial charge in [-0.25, -0.2) is 0 Å². The molecule has 2 nitrogen and oxygen atoms in total. The highest BCUT2D eigenvalue weighted by molar-refractivity contribution is 5.11. The van der Waals surface area contributed by atoms with E-state index in [0.29, 0.717) is 6.04 Å². The van der Waals surface area contributed by atoms with Crippen molar-refractivity contribution in [1.82, 2.24) is 10.2 Å². The predicted octanol–water partition coefficient (Wildman–Crippen LogP) is 3.59. The number of likely N-dealkylation sites (N-methyl/N-ethyl adjacent to an activating group) is 1. The Balaban J connectivity index is 2.47. The van der Waals surface area contributed by atoms with Crippen molar-refractivity contribution < 1.29 is 0 Å². The minimum absolute atomic E-state index is 0.601. The standard InChI is InChI=1S/C16H32N2/c1-4-18(5-2)14-13-16(17-3)15-11-9-7-6-8-10-12-15/h11,16-17H,4-10,12-14H2,1-3H3. The highest BCUT2D eigenvalue weighted by Gasteiger charge is 2.14. The van der Waals surface area contributed by atoms with E-state index in [9.17, 15) is 0 Å². The fourth-order valence-electron chi connectivity index (χ4n) is 2.90. The van der Waals surface area contributed by atoms with E-state index in [1.807, 2.05) is 0 Å². The third-order valence-electron chi connectivity index (χ3n) is 4.25. The quantitative estimate of drug-likeness (QED) is 0.697. The van der Waals surface area contributed by atoms with Crippen LogP contribution < -0.4 is 5.32 Å². The number of hydrogen-bond acceptors (Lipinski definition) is 2. The minimum Gasteiger partial charge on any atom is -0.313 e. The van der Waals surface area contributed by atoms with Gasteiger partial charge >= 0.3 is 0 Å². The van der Waals surface area contributed by atoms with Crippen LogP contribution in [0.1, 0.15) is 58.8 Å². The third-order valence-corrected chi connectivity index (χ3v) is 4.25. The Kier molecular flexibility index (Phi) is 8.36. The van der Waals surface area contributed by atoms with Gasteiger partial charge < -0.3 is 10.2 Å². The molecule has 0 saturated carbocycles. The summed E-state index contributed by atoms with van der Waals surface area (Å²) in [6.07, 6.45) is 12.0. The topological polar surface area (TPSA) is 15.3 Å². The van der Waals surface area contributed by atoms with Gasteiger partial charge in [0.25, 0.3) is 0 Å². The summed E-state index contributed by atoms with van der Waals surface area (Å²) in [5.41, 5.74) is 1.67. The number of rotatable bonds is 7. The smallest absolute Gasteiger partial charge is 0.0288 e. The molecule has 1 rings (SSSR count). The van der Waals surface area contributed by atoms with Crippen molar-refractivity contribution in [3.63, 3.8) is 0 Å². The third kappa shape index (κ3) is 5.53. The van der Waals surface area contributed by atoms with Crippen LogP contribution in [0.5, 0.6) is 0 Å². The fraction of sp³-hybridized carbons (Fsp3) is 0.875. The summed E-state index contributed by atoms with van der Waals surface area (Å²) in [4.78, 5) is 2.52. The zero-order valence-corrected chi connectivity index (χ0v) is 12.7. The lowest BCUT2D eigenvalue weighted by Crippen LogP contribution is -2.34. The maximum absolute atomic E-state index is 3.53. The first-order valence-corrected chi connectivity index (χ1v) is 7.90. The molecule has 18 heavy (non-hydrogen) atoms. The first-order valence-electron chi connectivity index (χ1n) is 7.90. The molecular formula is C16H32N2. The van der Waals surface area contributed by atoms with Crippen molar-refractivity contribution >= 4 is 0 Å². The van der Waals surface area contributed by atoms with Crippen LogP contribution in [0, 0.1) is 0 Å². The average Bonchev–Trinajstić information content (AvgIpc) is 2.36. The zero-order valence-electron chi connectivity index (χ0n) is 12.7. The first kappa shape index (κ1) is 15.7. The van der Waals surface area contributed by atoms with Crippen molar-refractivity contribution in [3.8, 4) is 0 Å². The molecule has 1 unspecified atom stereocenters. The van der Waals surface area contributed by atoms with Gasteiger partial charge in [-0.3, -0.25) is 0 Å². The Morgan fingerprint density at radius 2 is 1.89 bits per heavy atom. The summed E-state index contributed by atoms with van der Waals surface area (Å²) in [7, 11) is 2.12. The van der Waals surface area contributed by atoms with Gasteiger partial charge in [0, 0.05) is 6.04 Å². The second-order valence-electron chi connectivity index (χ2n) is 5.39. The Morgan fingerprint density at radius 1 is 1.17 bits per heavy atom. The molecule has 1 N–H and O–H groups in total. The van der Waals surface area contributed by atoms with Crippen molar-refractivity contribution in [3.05, 3.63) is 11.6 Å². The number of nitrogens with zero attached hydrogens (tertiary/aromatic N) is 1. The maximum Gasteiger partial charge on any atom is 0.0288 e. The van der Waals surface area contributed by atoms with E-state index >= 15 is 0 Å². The van der Waals surface area contributed by atoms with Crippen LogP contribution in [-0.2, 0) is 0 Å². The van der Waals surface area contributed by atoms with Crippen LogP contribution in [0.2, 0.25) is 0 Å². The van der Waals surface area contributed by atoms with Crippen LogP contribution in [-0.4, -0.2) is 37.6 Å². The molecule has 0 aromatic carbocycles. The normalized spacial score (nSPS) is 19.2. The molecule has 1 aliphatic rings. The lowest BCUT2D eigenvalue weighted by atomic mass is 9.93. The molecule has 0 aliphatic heterocycles. The molecule has 0 fully saturated rings. The van der Waals surface area contributed by atoms with Crippen LogP contribution in [0.25, 0.3) is 0 Å². The van der Waals surface area contributed by atoms with Crippen LogP contribution in [0.3, 0.4) is 0 Å². The van der Waals surface area contributed by atoms with Crippen molar-refractivity contribution in [2.45, 2.75) is 64.8 Å². The summed E-state index contributed by atoms with van der Waals surface area (Å²) in [5, 5.41) is 3.53. The first-order chi connectivity index (χ1) is 8.81. The summed E-state index contributed by atoms with van der Waals surface area (Å²) >= 11 is 0. The van der Waals surface area contributed by atoms with Gasteiger partial charge in [0.15, 0.2) is 0 Å². The largest absolute Gasteiger partial charge is 0.313 e. The maximum atomic E-state index is 3.53. The summed E-state index contributed by atoms with van der Waals surface area (Å²) in [6, 6.07) is 0.601. The molecule has 0 aromatic heterocycles. The van der Waals surface area contributed by atoms with Crippen LogP contribution in [0.4, 0.5) is 0 Å². The molecule has 1 atom stereocenters. The Bertz CT molecular complexity index is 231. The number of nitrogens with one attached hydrogen (secondary N) is 1. The van der Waals surface area contributed by atoms with Crippen LogP contribution >= 0.6 is 0 Å².